The molecule has 0 saturated heterocycles. The summed E-state index contributed by atoms with van der Waals surface area (Å²) in [5, 5.41) is 3.33. The van der Waals surface area contributed by atoms with E-state index in [1.54, 1.807) is 24.3 Å². The van der Waals surface area contributed by atoms with Crippen LogP contribution in [0.3, 0.4) is 0 Å². The molecule has 2 aromatic carbocycles. The average Bonchev–Trinajstić information content (AvgIpc) is 2.41. The van der Waals surface area contributed by atoms with E-state index in [0.717, 1.165) is 4.90 Å². The minimum absolute atomic E-state index is 0.182. The Balaban J connectivity index is 2.26. The number of thioether (sulfide) groups is 1. The van der Waals surface area contributed by atoms with Crippen LogP contribution in [0.5, 0.6) is 0 Å². The van der Waals surface area contributed by atoms with Crippen molar-refractivity contribution in [1.29, 1.82) is 0 Å². The van der Waals surface area contributed by atoms with E-state index in [1.807, 2.05) is 24.5 Å². The van der Waals surface area contributed by atoms with Crippen LogP contribution in [0, 0.1) is 0 Å². The lowest BCUT2D eigenvalue weighted by molar-refractivity contribution is 0.102. The Morgan fingerprint density at radius 3 is 2.68 bits per heavy atom. The summed E-state index contributed by atoms with van der Waals surface area (Å²) < 4.78 is 0. The Morgan fingerprint density at radius 2 is 2.00 bits per heavy atom. The predicted octanol–water partition coefficient (Wildman–Crippen LogP) is 3.90. The zero-order valence-electron chi connectivity index (χ0n) is 10.3. The van der Waals surface area contributed by atoms with Gasteiger partial charge in [-0.3, -0.25) is 4.79 Å². The van der Waals surface area contributed by atoms with Gasteiger partial charge in [0.15, 0.2) is 0 Å². The van der Waals surface area contributed by atoms with Gasteiger partial charge in [0, 0.05) is 9.92 Å². The van der Waals surface area contributed by atoms with Gasteiger partial charge < -0.3 is 11.1 Å². The van der Waals surface area contributed by atoms with Gasteiger partial charge in [-0.25, -0.2) is 0 Å². The van der Waals surface area contributed by atoms with Crippen molar-refractivity contribution in [2.75, 3.05) is 17.3 Å². The van der Waals surface area contributed by atoms with E-state index >= 15 is 0 Å². The molecule has 3 N–H and O–H groups in total. The molecule has 0 saturated carbocycles. The van der Waals surface area contributed by atoms with Crippen LogP contribution >= 0.6 is 23.4 Å². The third-order valence-corrected chi connectivity index (χ3v) is 3.64. The fraction of sp³-hybridized carbons (Fsp3) is 0.0714. The van der Waals surface area contributed by atoms with Gasteiger partial charge in [-0.05, 0) is 36.6 Å². The zero-order chi connectivity index (χ0) is 13.8. The summed E-state index contributed by atoms with van der Waals surface area (Å²) in [5.74, 6) is -0.182. The van der Waals surface area contributed by atoms with E-state index in [4.69, 9.17) is 17.3 Å². The van der Waals surface area contributed by atoms with Crippen molar-refractivity contribution in [1.82, 2.24) is 0 Å². The summed E-state index contributed by atoms with van der Waals surface area (Å²) in [4.78, 5) is 13.1. The maximum Gasteiger partial charge on any atom is 0.256 e. The van der Waals surface area contributed by atoms with Crippen LogP contribution in [0.2, 0.25) is 5.02 Å². The van der Waals surface area contributed by atoms with Gasteiger partial charge in [-0.1, -0.05) is 23.7 Å². The number of carbonyl (C=O) groups is 1. The second kappa shape index (κ2) is 5.99. The van der Waals surface area contributed by atoms with Crippen molar-refractivity contribution in [3.05, 3.63) is 53.1 Å². The van der Waals surface area contributed by atoms with Crippen LogP contribution < -0.4 is 11.1 Å². The monoisotopic (exact) mass is 292 g/mol. The summed E-state index contributed by atoms with van der Waals surface area (Å²) in [5.41, 5.74) is 7.45. The highest BCUT2D eigenvalue weighted by Crippen LogP contribution is 2.25. The first-order valence-corrected chi connectivity index (χ1v) is 7.21. The lowest BCUT2D eigenvalue weighted by Gasteiger charge is -2.10. The first-order valence-electron chi connectivity index (χ1n) is 5.61. The second-order valence-corrected chi connectivity index (χ2v) is 5.17. The molecule has 3 nitrogen and oxygen atoms in total. The molecular formula is C14H13ClN2OS. The Hall–Kier alpha value is -1.65. The van der Waals surface area contributed by atoms with Crippen molar-refractivity contribution >= 4 is 40.6 Å². The number of carbonyl (C=O) groups excluding carboxylic acids is 1. The van der Waals surface area contributed by atoms with Crippen LogP contribution in [0.15, 0.2) is 47.4 Å². The summed E-state index contributed by atoms with van der Waals surface area (Å²) >= 11 is 7.35. The molecule has 0 spiro atoms. The van der Waals surface area contributed by atoms with Gasteiger partial charge in [0.25, 0.3) is 5.91 Å². The Kier molecular flexibility index (Phi) is 4.35. The molecule has 0 unspecified atom stereocenters. The fourth-order valence-electron chi connectivity index (χ4n) is 1.67. The summed E-state index contributed by atoms with van der Waals surface area (Å²) in [6.45, 7) is 0. The van der Waals surface area contributed by atoms with E-state index in [-0.39, 0.29) is 5.91 Å². The van der Waals surface area contributed by atoms with E-state index in [2.05, 4.69) is 5.32 Å². The molecule has 0 bridgehead atoms. The standard InChI is InChI=1S/C14H13ClN2OS/c1-19-13-5-3-2-4-10(13)14(18)17-12-7-6-9(15)8-11(12)16/h2-8H,16H2,1H3,(H,17,18). The molecule has 1 amide bonds. The van der Waals surface area contributed by atoms with Gasteiger partial charge in [0.1, 0.15) is 0 Å². The highest BCUT2D eigenvalue weighted by Gasteiger charge is 2.11. The maximum absolute atomic E-state index is 12.2. The lowest BCUT2D eigenvalue weighted by atomic mass is 10.2. The smallest absolute Gasteiger partial charge is 0.256 e. The molecule has 2 aromatic rings. The Morgan fingerprint density at radius 1 is 1.26 bits per heavy atom. The minimum Gasteiger partial charge on any atom is -0.397 e. The topological polar surface area (TPSA) is 55.1 Å². The molecule has 19 heavy (non-hydrogen) atoms. The highest BCUT2D eigenvalue weighted by atomic mass is 35.5. The van der Waals surface area contributed by atoms with E-state index in [9.17, 15) is 4.79 Å². The predicted molar refractivity (Wildman–Crippen MR) is 82.0 cm³/mol. The summed E-state index contributed by atoms with van der Waals surface area (Å²) in [6, 6.07) is 12.4. The number of rotatable bonds is 3. The molecule has 0 aromatic heterocycles. The average molecular weight is 293 g/mol. The van der Waals surface area contributed by atoms with Crippen molar-refractivity contribution in [3.8, 4) is 0 Å². The van der Waals surface area contributed by atoms with Gasteiger partial charge in [0.05, 0.1) is 16.9 Å². The highest BCUT2D eigenvalue weighted by molar-refractivity contribution is 7.98. The lowest BCUT2D eigenvalue weighted by Crippen LogP contribution is -2.14. The van der Waals surface area contributed by atoms with E-state index in [1.165, 1.54) is 11.8 Å². The van der Waals surface area contributed by atoms with Crippen molar-refractivity contribution < 1.29 is 4.79 Å². The van der Waals surface area contributed by atoms with Crippen LogP contribution in [-0.2, 0) is 0 Å². The maximum atomic E-state index is 12.2. The molecule has 0 heterocycles. The van der Waals surface area contributed by atoms with Gasteiger partial charge >= 0.3 is 0 Å². The number of nitrogens with one attached hydrogen (secondary N) is 1. The first kappa shape index (κ1) is 13.8. The third-order valence-electron chi connectivity index (χ3n) is 2.61. The SMILES string of the molecule is CSc1ccccc1C(=O)Nc1ccc(Cl)cc1N. The quantitative estimate of drug-likeness (QED) is 0.666. The molecule has 0 fully saturated rings. The van der Waals surface area contributed by atoms with Crippen LogP contribution in [0.25, 0.3) is 0 Å². The van der Waals surface area contributed by atoms with Gasteiger partial charge in [0.2, 0.25) is 0 Å². The number of hydrogen-bond donors (Lipinski definition) is 2. The van der Waals surface area contributed by atoms with Crippen molar-refractivity contribution in [2.24, 2.45) is 0 Å². The van der Waals surface area contributed by atoms with E-state index in [0.29, 0.717) is 22.0 Å². The van der Waals surface area contributed by atoms with Crippen LogP contribution in [0.4, 0.5) is 11.4 Å². The van der Waals surface area contributed by atoms with Crippen molar-refractivity contribution in [3.63, 3.8) is 0 Å². The number of nitrogen functional groups attached to an aromatic ring is 1. The third kappa shape index (κ3) is 3.22. The summed E-state index contributed by atoms with van der Waals surface area (Å²) in [6.07, 6.45) is 1.93. The Labute approximate surface area is 121 Å². The fourth-order valence-corrected chi connectivity index (χ4v) is 2.45. The molecule has 98 valence electrons. The van der Waals surface area contributed by atoms with Crippen LogP contribution in [-0.4, -0.2) is 12.2 Å². The van der Waals surface area contributed by atoms with E-state index < -0.39 is 0 Å². The molecular weight excluding hydrogens is 280 g/mol. The molecule has 0 aliphatic heterocycles. The van der Waals surface area contributed by atoms with Crippen molar-refractivity contribution in [2.45, 2.75) is 4.90 Å². The molecule has 0 aliphatic carbocycles. The summed E-state index contributed by atoms with van der Waals surface area (Å²) in [7, 11) is 0. The van der Waals surface area contributed by atoms with Crippen LogP contribution in [0.1, 0.15) is 10.4 Å². The number of halogens is 1. The molecule has 0 radical (unpaired) electrons. The number of nitrogens with two attached hydrogens (primary N) is 1. The largest absolute Gasteiger partial charge is 0.397 e. The second-order valence-electron chi connectivity index (χ2n) is 3.89. The molecule has 0 aliphatic rings. The molecule has 5 heteroatoms. The minimum atomic E-state index is -0.182. The normalized spacial score (nSPS) is 10.2. The number of anilines is 2. The van der Waals surface area contributed by atoms with Gasteiger partial charge in [-0.15, -0.1) is 11.8 Å². The van der Waals surface area contributed by atoms with Gasteiger partial charge in [-0.2, -0.15) is 0 Å². The molecule has 2 rings (SSSR count). The number of hydrogen-bond acceptors (Lipinski definition) is 3. The molecule has 0 atom stereocenters. The first-order chi connectivity index (χ1) is 9.11. The Bertz CT molecular complexity index is 616. The zero-order valence-corrected chi connectivity index (χ0v) is 11.9. The number of benzene rings is 2. The number of amides is 1.